The Bertz CT molecular complexity index is 692. The highest BCUT2D eigenvalue weighted by Gasteiger charge is 2.15. The summed E-state index contributed by atoms with van der Waals surface area (Å²) in [6.07, 6.45) is 0. The first-order chi connectivity index (χ1) is 11.1. The summed E-state index contributed by atoms with van der Waals surface area (Å²) in [6.45, 7) is 1.11. The van der Waals surface area contributed by atoms with E-state index in [1.807, 2.05) is 30.3 Å². The zero-order valence-corrected chi connectivity index (χ0v) is 13.0. The maximum Gasteiger partial charge on any atom is 0.288 e. The normalized spacial score (nSPS) is 10.3. The van der Waals surface area contributed by atoms with Crippen LogP contribution in [0.3, 0.4) is 0 Å². The molecule has 0 saturated heterocycles. The summed E-state index contributed by atoms with van der Waals surface area (Å²) in [4.78, 5) is 22.1. The molecule has 0 bridgehead atoms. The Morgan fingerprint density at radius 1 is 1.22 bits per heavy atom. The lowest BCUT2D eigenvalue weighted by Crippen LogP contribution is -2.27. The van der Waals surface area contributed by atoms with Crippen LogP contribution >= 0.6 is 11.6 Å². The molecule has 0 radical (unpaired) electrons. The van der Waals surface area contributed by atoms with E-state index >= 15 is 0 Å². The lowest BCUT2D eigenvalue weighted by Gasteiger charge is -2.07. The number of hydrogen-bond donors (Lipinski definition) is 1. The summed E-state index contributed by atoms with van der Waals surface area (Å²) in [5, 5.41) is 13.4. The quantitative estimate of drug-likeness (QED) is 0.479. The predicted octanol–water partition coefficient (Wildman–Crippen LogP) is 3.19. The van der Waals surface area contributed by atoms with Gasteiger partial charge in [-0.15, -0.1) is 0 Å². The van der Waals surface area contributed by atoms with E-state index in [9.17, 15) is 14.9 Å². The van der Waals surface area contributed by atoms with E-state index in [0.29, 0.717) is 19.8 Å². The molecule has 2 aromatic rings. The Morgan fingerprint density at radius 3 is 2.65 bits per heavy atom. The summed E-state index contributed by atoms with van der Waals surface area (Å²) in [6, 6.07) is 13.6. The lowest BCUT2D eigenvalue weighted by atomic mass is 10.2. The molecule has 0 aliphatic heterocycles. The van der Waals surface area contributed by atoms with E-state index in [-0.39, 0.29) is 16.3 Å². The fourth-order valence-electron chi connectivity index (χ4n) is 1.90. The van der Waals surface area contributed by atoms with E-state index in [1.54, 1.807) is 0 Å². The van der Waals surface area contributed by atoms with Crippen LogP contribution in [0.25, 0.3) is 0 Å². The number of carbonyl (C=O) groups excluding carboxylic acids is 1. The molecule has 0 saturated carbocycles. The van der Waals surface area contributed by atoms with Crippen molar-refractivity contribution < 1.29 is 14.5 Å². The molecule has 0 unspecified atom stereocenters. The van der Waals surface area contributed by atoms with Crippen LogP contribution in [0, 0.1) is 10.1 Å². The van der Waals surface area contributed by atoms with E-state index in [0.717, 1.165) is 11.6 Å². The lowest BCUT2D eigenvalue weighted by molar-refractivity contribution is -0.384. The van der Waals surface area contributed by atoms with Crippen molar-refractivity contribution in [3.05, 3.63) is 74.8 Å². The van der Waals surface area contributed by atoms with Gasteiger partial charge in [0.25, 0.3) is 11.6 Å². The number of benzene rings is 2. The third-order valence-corrected chi connectivity index (χ3v) is 3.37. The van der Waals surface area contributed by atoms with Crippen LogP contribution in [0.5, 0.6) is 0 Å². The minimum absolute atomic E-state index is 0.00209. The number of rotatable bonds is 7. The number of nitro benzene ring substituents is 1. The molecule has 0 aromatic heterocycles. The summed E-state index contributed by atoms with van der Waals surface area (Å²) in [7, 11) is 0. The number of hydrogen-bond acceptors (Lipinski definition) is 4. The van der Waals surface area contributed by atoms with E-state index in [2.05, 4.69) is 5.32 Å². The second kappa shape index (κ2) is 8.26. The molecule has 0 spiro atoms. The van der Waals surface area contributed by atoms with Crippen LogP contribution in [-0.4, -0.2) is 24.0 Å². The molecular formula is C16H15ClN2O4. The monoisotopic (exact) mass is 334 g/mol. The van der Waals surface area contributed by atoms with Gasteiger partial charge in [0.1, 0.15) is 5.02 Å². The molecule has 1 N–H and O–H groups in total. The molecule has 0 atom stereocenters. The van der Waals surface area contributed by atoms with Gasteiger partial charge in [-0.25, -0.2) is 0 Å². The van der Waals surface area contributed by atoms with Crippen LogP contribution in [0.2, 0.25) is 5.02 Å². The highest BCUT2D eigenvalue weighted by Crippen LogP contribution is 2.24. The van der Waals surface area contributed by atoms with Crippen molar-refractivity contribution in [3.8, 4) is 0 Å². The third kappa shape index (κ3) is 5.05. The number of ether oxygens (including phenoxy) is 1. The van der Waals surface area contributed by atoms with Gasteiger partial charge in [0.05, 0.1) is 18.1 Å². The fraction of sp³-hybridized carbons (Fsp3) is 0.188. The van der Waals surface area contributed by atoms with E-state index in [1.165, 1.54) is 12.1 Å². The summed E-state index contributed by atoms with van der Waals surface area (Å²) in [5.41, 5.74) is 0.941. The molecule has 2 aromatic carbocycles. The predicted molar refractivity (Wildman–Crippen MR) is 86.5 cm³/mol. The third-order valence-electron chi connectivity index (χ3n) is 3.05. The molecule has 1 amide bonds. The van der Waals surface area contributed by atoms with Crippen molar-refractivity contribution in [2.75, 3.05) is 13.2 Å². The molecule has 23 heavy (non-hydrogen) atoms. The standard InChI is InChI=1S/C16H15ClN2O4/c17-14-7-6-13(10-15(14)19(21)22)16(20)18-8-9-23-11-12-4-2-1-3-5-12/h1-7,10H,8-9,11H2,(H,18,20). The molecule has 0 aliphatic carbocycles. The van der Waals surface area contributed by atoms with Gasteiger partial charge in [-0.05, 0) is 17.7 Å². The molecule has 0 aliphatic rings. The van der Waals surface area contributed by atoms with Crippen LogP contribution < -0.4 is 5.32 Å². The molecule has 0 heterocycles. The van der Waals surface area contributed by atoms with Gasteiger partial charge in [-0.2, -0.15) is 0 Å². The summed E-state index contributed by atoms with van der Waals surface area (Å²) >= 11 is 5.71. The number of nitro groups is 1. The van der Waals surface area contributed by atoms with Gasteiger partial charge in [0.15, 0.2) is 0 Å². The van der Waals surface area contributed by atoms with Crippen LogP contribution in [0.1, 0.15) is 15.9 Å². The molecule has 120 valence electrons. The Morgan fingerprint density at radius 2 is 1.96 bits per heavy atom. The van der Waals surface area contributed by atoms with Gasteiger partial charge in [-0.1, -0.05) is 41.9 Å². The van der Waals surface area contributed by atoms with Crippen molar-refractivity contribution in [1.82, 2.24) is 5.32 Å². The first-order valence-corrected chi connectivity index (χ1v) is 7.29. The van der Waals surface area contributed by atoms with Gasteiger partial charge < -0.3 is 10.1 Å². The molecule has 2 rings (SSSR count). The first kappa shape index (κ1) is 16.9. The van der Waals surface area contributed by atoms with Crippen LogP contribution in [-0.2, 0) is 11.3 Å². The second-order valence-electron chi connectivity index (χ2n) is 4.72. The van der Waals surface area contributed by atoms with E-state index in [4.69, 9.17) is 16.3 Å². The van der Waals surface area contributed by atoms with Gasteiger partial charge in [-0.3, -0.25) is 14.9 Å². The number of nitrogens with one attached hydrogen (secondary N) is 1. The Balaban J connectivity index is 1.79. The molecule has 0 fully saturated rings. The number of amides is 1. The maximum absolute atomic E-state index is 11.9. The molecule has 7 heteroatoms. The van der Waals surface area contributed by atoms with Gasteiger partial charge in [0.2, 0.25) is 0 Å². The SMILES string of the molecule is O=C(NCCOCc1ccccc1)c1ccc(Cl)c([N+](=O)[O-])c1. The molecular weight excluding hydrogens is 320 g/mol. The largest absolute Gasteiger partial charge is 0.375 e. The Kier molecular flexibility index (Phi) is 6.08. The van der Waals surface area contributed by atoms with Crippen LogP contribution in [0.4, 0.5) is 5.69 Å². The summed E-state index contributed by atoms with van der Waals surface area (Å²) < 4.78 is 5.44. The second-order valence-corrected chi connectivity index (χ2v) is 5.12. The zero-order valence-electron chi connectivity index (χ0n) is 12.2. The van der Waals surface area contributed by atoms with Crippen molar-refractivity contribution in [2.45, 2.75) is 6.61 Å². The van der Waals surface area contributed by atoms with Crippen molar-refractivity contribution in [1.29, 1.82) is 0 Å². The zero-order chi connectivity index (χ0) is 16.7. The number of halogens is 1. The average molecular weight is 335 g/mol. The summed E-state index contributed by atoms with van der Waals surface area (Å²) in [5.74, 6) is -0.409. The number of nitrogens with zero attached hydrogens (tertiary/aromatic N) is 1. The Hall–Kier alpha value is -2.44. The molecule has 6 nitrogen and oxygen atoms in total. The minimum atomic E-state index is -0.623. The average Bonchev–Trinajstić information content (AvgIpc) is 2.55. The maximum atomic E-state index is 11.9. The minimum Gasteiger partial charge on any atom is -0.375 e. The van der Waals surface area contributed by atoms with Crippen molar-refractivity contribution in [3.63, 3.8) is 0 Å². The topological polar surface area (TPSA) is 81.5 Å². The highest BCUT2D eigenvalue weighted by molar-refractivity contribution is 6.32. The van der Waals surface area contributed by atoms with Crippen molar-refractivity contribution >= 4 is 23.2 Å². The number of carbonyl (C=O) groups is 1. The van der Waals surface area contributed by atoms with Crippen molar-refractivity contribution in [2.24, 2.45) is 0 Å². The Labute approximate surface area is 138 Å². The van der Waals surface area contributed by atoms with E-state index < -0.39 is 10.8 Å². The first-order valence-electron chi connectivity index (χ1n) is 6.92. The smallest absolute Gasteiger partial charge is 0.288 e. The van der Waals surface area contributed by atoms with Gasteiger partial charge in [0, 0.05) is 18.2 Å². The van der Waals surface area contributed by atoms with Crippen LogP contribution in [0.15, 0.2) is 48.5 Å². The highest BCUT2D eigenvalue weighted by atomic mass is 35.5. The van der Waals surface area contributed by atoms with Gasteiger partial charge >= 0.3 is 0 Å². The fourth-order valence-corrected chi connectivity index (χ4v) is 2.08.